The van der Waals surface area contributed by atoms with Crippen LogP contribution in [0.5, 0.6) is 0 Å². The number of piperidine rings is 1. The van der Waals surface area contributed by atoms with Gasteiger partial charge in [-0.15, -0.1) is 11.8 Å². The summed E-state index contributed by atoms with van der Waals surface area (Å²) in [7, 11) is 0. The largest absolute Gasteiger partial charge is 0.348 e. The number of benzene rings is 1. The molecule has 1 amide bonds. The van der Waals surface area contributed by atoms with Crippen molar-refractivity contribution in [3.8, 4) is 0 Å². The van der Waals surface area contributed by atoms with Gasteiger partial charge in [-0.2, -0.15) is 0 Å². The van der Waals surface area contributed by atoms with Crippen molar-refractivity contribution < 1.29 is 4.79 Å². The third-order valence-electron chi connectivity index (χ3n) is 4.45. The Labute approximate surface area is 164 Å². The van der Waals surface area contributed by atoms with E-state index in [4.69, 9.17) is 11.6 Å². The Morgan fingerprint density at radius 2 is 2.04 bits per heavy atom. The molecule has 0 saturated carbocycles. The van der Waals surface area contributed by atoms with Crippen LogP contribution in [-0.4, -0.2) is 41.2 Å². The van der Waals surface area contributed by atoms with E-state index in [1.54, 1.807) is 18.0 Å². The number of hydrogen-bond donors (Lipinski definition) is 1. The van der Waals surface area contributed by atoms with Gasteiger partial charge >= 0.3 is 0 Å². The average Bonchev–Trinajstić information content (AvgIpc) is 2.68. The minimum Gasteiger partial charge on any atom is -0.348 e. The first kappa shape index (κ1) is 19.2. The molecule has 1 saturated heterocycles. The molecule has 2 aromatic rings. The van der Waals surface area contributed by atoms with Crippen molar-refractivity contribution in [3.05, 3.63) is 58.7 Å². The number of nitrogens with one attached hydrogen (secondary N) is 1. The lowest BCUT2D eigenvalue weighted by atomic mass is 10.1. The Balaban J connectivity index is 1.43. The monoisotopic (exact) mass is 389 g/mol. The maximum Gasteiger partial charge on any atom is 0.253 e. The number of thioether (sulfide) groups is 1. The summed E-state index contributed by atoms with van der Waals surface area (Å²) >= 11 is 7.70. The molecule has 0 aliphatic carbocycles. The second kappa shape index (κ2) is 9.95. The van der Waals surface area contributed by atoms with Crippen LogP contribution in [0.2, 0.25) is 5.02 Å². The third-order valence-corrected chi connectivity index (χ3v) is 5.61. The molecule has 1 aromatic heterocycles. The van der Waals surface area contributed by atoms with Crippen LogP contribution in [0.3, 0.4) is 0 Å². The lowest BCUT2D eigenvalue weighted by molar-refractivity contribution is 0.0950. The molecule has 0 radical (unpaired) electrons. The molecule has 1 aliphatic rings. The normalized spacial score (nSPS) is 15.0. The van der Waals surface area contributed by atoms with Crippen LogP contribution < -0.4 is 5.32 Å². The van der Waals surface area contributed by atoms with E-state index in [1.807, 2.05) is 36.4 Å². The number of likely N-dealkylation sites (tertiary alicyclic amines) is 1. The molecule has 0 bridgehead atoms. The van der Waals surface area contributed by atoms with E-state index in [9.17, 15) is 4.79 Å². The molecular formula is C20H24ClN3OS. The maximum atomic E-state index is 12.2. The summed E-state index contributed by atoms with van der Waals surface area (Å²) in [6.07, 6.45) is 5.66. The summed E-state index contributed by atoms with van der Waals surface area (Å²) in [4.78, 5) is 19.2. The number of carbonyl (C=O) groups excluding carboxylic acids is 1. The van der Waals surface area contributed by atoms with Crippen molar-refractivity contribution in [2.24, 2.45) is 0 Å². The second-order valence-electron chi connectivity index (χ2n) is 6.45. The summed E-state index contributed by atoms with van der Waals surface area (Å²) in [6.45, 7) is 4.00. The van der Waals surface area contributed by atoms with Gasteiger partial charge in [0.05, 0.1) is 10.6 Å². The Morgan fingerprint density at radius 1 is 1.19 bits per heavy atom. The predicted molar refractivity (Wildman–Crippen MR) is 108 cm³/mol. The summed E-state index contributed by atoms with van der Waals surface area (Å²) in [5.41, 5.74) is 1.55. The van der Waals surface area contributed by atoms with E-state index in [-0.39, 0.29) is 5.91 Å². The van der Waals surface area contributed by atoms with Crippen molar-refractivity contribution in [3.63, 3.8) is 0 Å². The van der Waals surface area contributed by atoms with Crippen LogP contribution in [0.25, 0.3) is 0 Å². The van der Waals surface area contributed by atoms with E-state index in [0.717, 1.165) is 22.9 Å². The molecule has 0 spiro atoms. The van der Waals surface area contributed by atoms with E-state index >= 15 is 0 Å². The first-order valence-corrected chi connectivity index (χ1v) is 10.4. The van der Waals surface area contributed by atoms with Crippen molar-refractivity contribution in [1.29, 1.82) is 0 Å². The van der Waals surface area contributed by atoms with Crippen molar-refractivity contribution >= 4 is 29.3 Å². The van der Waals surface area contributed by atoms with Gasteiger partial charge in [-0.3, -0.25) is 4.79 Å². The zero-order valence-electron chi connectivity index (χ0n) is 14.8. The predicted octanol–water partition coefficient (Wildman–Crippen LogP) is 4.24. The molecule has 2 heterocycles. The summed E-state index contributed by atoms with van der Waals surface area (Å²) in [5.74, 6) is 0.912. The number of aromatic nitrogens is 1. The molecule has 4 nitrogen and oxygen atoms in total. The van der Waals surface area contributed by atoms with Gasteiger partial charge in [0, 0.05) is 30.1 Å². The molecule has 6 heteroatoms. The first-order chi connectivity index (χ1) is 12.7. The number of halogens is 1. The summed E-state index contributed by atoms with van der Waals surface area (Å²) in [6, 6.07) is 11.2. The van der Waals surface area contributed by atoms with E-state index in [0.29, 0.717) is 17.1 Å². The Bertz CT molecular complexity index is 717. The lowest BCUT2D eigenvalue weighted by Crippen LogP contribution is -2.31. The SMILES string of the molecule is O=C(NCc1cccc(Cl)c1)c1ccc(SCCN2CCCCC2)nc1. The minimum absolute atomic E-state index is 0.123. The highest BCUT2D eigenvalue weighted by atomic mass is 35.5. The Kier molecular flexibility index (Phi) is 7.35. The topological polar surface area (TPSA) is 45.2 Å². The summed E-state index contributed by atoms with van der Waals surface area (Å²) in [5, 5.41) is 4.53. The summed E-state index contributed by atoms with van der Waals surface area (Å²) < 4.78 is 0. The average molecular weight is 390 g/mol. The van der Waals surface area contributed by atoms with Crippen molar-refractivity contribution in [1.82, 2.24) is 15.2 Å². The van der Waals surface area contributed by atoms with E-state index < -0.39 is 0 Å². The standard InChI is InChI=1S/C20H24ClN3OS/c21-18-6-4-5-16(13-18)14-23-20(25)17-7-8-19(22-15-17)26-12-11-24-9-2-1-3-10-24/h4-8,13,15H,1-3,9-12,14H2,(H,23,25). The van der Waals surface area contributed by atoms with E-state index in [1.165, 1.54) is 32.4 Å². The second-order valence-corrected chi connectivity index (χ2v) is 8.00. The van der Waals surface area contributed by atoms with Crippen molar-refractivity contribution in [2.45, 2.75) is 30.8 Å². The smallest absolute Gasteiger partial charge is 0.253 e. The van der Waals surface area contributed by atoms with Gasteiger partial charge in [-0.25, -0.2) is 4.98 Å². The van der Waals surface area contributed by atoms with Gasteiger partial charge in [0.1, 0.15) is 0 Å². The van der Waals surface area contributed by atoms with Crippen LogP contribution in [0, 0.1) is 0 Å². The molecule has 1 fully saturated rings. The van der Waals surface area contributed by atoms with Gasteiger partial charge < -0.3 is 10.2 Å². The molecular weight excluding hydrogens is 366 g/mol. The fraction of sp³-hybridized carbons (Fsp3) is 0.400. The molecule has 3 rings (SSSR count). The quantitative estimate of drug-likeness (QED) is 0.719. The fourth-order valence-corrected chi connectivity index (χ4v) is 4.06. The van der Waals surface area contributed by atoms with Crippen LogP contribution in [0.15, 0.2) is 47.6 Å². The zero-order valence-corrected chi connectivity index (χ0v) is 16.4. The molecule has 0 unspecified atom stereocenters. The van der Waals surface area contributed by atoms with E-state index in [2.05, 4.69) is 15.2 Å². The fourth-order valence-electron chi connectivity index (χ4n) is 2.99. The minimum atomic E-state index is -0.123. The van der Waals surface area contributed by atoms with Crippen LogP contribution in [0.4, 0.5) is 0 Å². The van der Waals surface area contributed by atoms with Gasteiger partial charge in [-0.1, -0.05) is 30.2 Å². The number of amides is 1. The lowest BCUT2D eigenvalue weighted by Gasteiger charge is -2.25. The number of rotatable bonds is 7. The third kappa shape index (κ3) is 6.01. The number of nitrogens with zero attached hydrogens (tertiary/aromatic N) is 2. The van der Waals surface area contributed by atoms with Crippen LogP contribution in [0.1, 0.15) is 35.2 Å². The Morgan fingerprint density at radius 3 is 2.77 bits per heavy atom. The number of carbonyl (C=O) groups is 1. The first-order valence-electron chi connectivity index (χ1n) is 9.04. The van der Waals surface area contributed by atoms with Crippen LogP contribution >= 0.6 is 23.4 Å². The molecule has 26 heavy (non-hydrogen) atoms. The van der Waals surface area contributed by atoms with Crippen LogP contribution in [-0.2, 0) is 6.54 Å². The molecule has 138 valence electrons. The van der Waals surface area contributed by atoms with Gasteiger partial charge in [-0.05, 0) is 55.8 Å². The zero-order chi connectivity index (χ0) is 18.2. The highest BCUT2D eigenvalue weighted by molar-refractivity contribution is 7.99. The molecule has 1 aromatic carbocycles. The van der Waals surface area contributed by atoms with Gasteiger partial charge in [0.2, 0.25) is 0 Å². The maximum absolute atomic E-state index is 12.2. The van der Waals surface area contributed by atoms with Crippen molar-refractivity contribution in [2.75, 3.05) is 25.4 Å². The number of hydrogen-bond acceptors (Lipinski definition) is 4. The highest BCUT2D eigenvalue weighted by Crippen LogP contribution is 2.17. The Hall–Kier alpha value is -1.56. The highest BCUT2D eigenvalue weighted by Gasteiger charge is 2.10. The molecule has 1 N–H and O–H groups in total. The molecule has 1 aliphatic heterocycles. The van der Waals surface area contributed by atoms with Gasteiger partial charge in [0.15, 0.2) is 0 Å². The van der Waals surface area contributed by atoms with Gasteiger partial charge in [0.25, 0.3) is 5.91 Å². The number of pyridine rings is 1. The molecule has 0 atom stereocenters.